The van der Waals surface area contributed by atoms with Crippen molar-refractivity contribution in [3.8, 4) is 0 Å². The molecule has 0 aromatic carbocycles. The molecule has 2 heterocycles. The molecule has 1 amide bonds. The van der Waals surface area contributed by atoms with Gasteiger partial charge in [-0.05, 0) is 33.6 Å². The first kappa shape index (κ1) is 14.8. The van der Waals surface area contributed by atoms with Crippen molar-refractivity contribution in [3.05, 3.63) is 12.4 Å². The van der Waals surface area contributed by atoms with E-state index >= 15 is 0 Å². The lowest BCUT2D eigenvalue weighted by Crippen LogP contribution is -2.51. The first-order valence-electron chi connectivity index (χ1n) is 7.17. The lowest BCUT2D eigenvalue weighted by molar-refractivity contribution is -0.122. The number of carbonyl (C=O) groups excluding carboxylic acids is 1. The van der Waals surface area contributed by atoms with Crippen molar-refractivity contribution in [2.45, 2.75) is 51.7 Å². The van der Waals surface area contributed by atoms with Crippen molar-refractivity contribution >= 4 is 11.6 Å². The highest BCUT2D eigenvalue weighted by atomic mass is 16.2. The number of carbonyl (C=O) groups is 1. The second kappa shape index (κ2) is 5.83. The second-order valence-corrected chi connectivity index (χ2v) is 6.47. The summed E-state index contributed by atoms with van der Waals surface area (Å²) in [6.45, 7) is 8.99. The fourth-order valence-corrected chi connectivity index (χ4v) is 2.58. The molecule has 1 saturated heterocycles. The molecule has 0 bridgehead atoms. The van der Waals surface area contributed by atoms with E-state index in [-0.39, 0.29) is 24.0 Å². The van der Waals surface area contributed by atoms with Crippen molar-refractivity contribution in [1.82, 2.24) is 20.0 Å². The van der Waals surface area contributed by atoms with Crippen LogP contribution in [0.25, 0.3) is 0 Å². The van der Waals surface area contributed by atoms with Gasteiger partial charge in [-0.15, -0.1) is 0 Å². The maximum absolute atomic E-state index is 11.9. The minimum Gasteiger partial charge on any atom is -0.396 e. The molecule has 0 spiro atoms. The lowest BCUT2D eigenvalue weighted by Gasteiger charge is -2.41. The number of likely N-dealkylation sites (tertiary alicyclic amines) is 1. The van der Waals surface area contributed by atoms with Crippen LogP contribution in [0.3, 0.4) is 0 Å². The zero-order chi connectivity index (χ0) is 14.8. The number of aromatic nitrogens is 2. The minimum absolute atomic E-state index is 0.00214. The van der Waals surface area contributed by atoms with Gasteiger partial charge < -0.3 is 11.1 Å². The van der Waals surface area contributed by atoms with Crippen LogP contribution in [-0.4, -0.2) is 45.3 Å². The van der Waals surface area contributed by atoms with E-state index in [0.29, 0.717) is 5.69 Å². The third kappa shape index (κ3) is 3.96. The van der Waals surface area contributed by atoms with Crippen molar-refractivity contribution in [3.63, 3.8) is 0 Å². The molecular weight excluding hydrogens is 254 g/mol. The normalized spacial score (nSPS) is 18.1. The summed E-state index contributed by atoms with van der Waals surface area (Å²) in [5.41, 5.74) is 6.36. The molecule has 0 atom stereocenters. The standard InChI is InChI=1S/C14H25N5O/c1-14(2,3)18-6-4-12(5-7-18)17-13(20)10-19-9-11(15)8-16-19/h8-9,12H,4-7,10,15H2,1-3H3,(H,17,20). The number of piperidine rings is 1. The van der Waals surface area contributed by atoms with Gasteiger partial charge in [-0.3, -0.25) is 14.4 Å². The van der Waals surface area contributed by atoms with E-state index in [1.807, 2.05) is 0 Å². The molecule has 1 aromatic heterocycles. The molecule has 3 N–H and O–H groups in total. The van der Waals surface area contributed by atoms with Crippen LogP contribution in [-0.2, 0) is 11.3 Å². The Morgan fingerprint density at radius 3 is 2.60 bits per heavy atom. The predicted octanol–water partition coefficient (Wildman–Crippen LogP) is 0.844. The number of hydrogen-bond acceptors (Lipinski definition) is 4. The van der Waals surface area contributed by atoms with E-state index in [2.05, 4.69) is 36.1 Å². The maximum atomic E-state index is 11.9. The molecule has 0 unspecified atom stereocenters. The van der Waals surface area contributed by atoms with Crippen LogP contribution in [0.5, 0.6) is 0 Å². The van der Waals surface area contributed by atoms with E-state index in [9.17, 15) is 4.79 Å². The molecular formula is C14H25N5O. The summed E-state index contributed by atoms with van der Waals surface area (Å²) in [4.78, 5) is 14.4. The van der Waals surface area contributed by atoms with Crippen LogP contribution in [0.2, 0.25) is 0 Å². The fourth-order valence-electron chi connectivity index (χ4n) is 2.58. The average Bonchev–Trinajstić information content (AvgIpc) is 2.74. The van der Waals surface area contributed by atoms with E-state index in [0.717, 1.165) is 25.9 Å². The lowest BCUT2D eigenvalue weighted by atomic mass is 9.98. The van der Waals surface area contributed by atoms with Crippen molar-refractivity contribution in [2.75, 3.05) is 18.8 Å². The largest absolute Gasteiger partial charge is 0.396 e. The van der Waals surface area contributed by atoms with Crippen molar-refractivity contribution in [1.29, 1.82) is 0 Å². The molecule has 1 aliphatic heterocycles. The molecule has 6 nitrogen and oxygen atoms in total. The van der Waals surface area contributed by atoms with Gasteiger partial charge in [0.05, 0.1) is 11.9 Å². The summed E-state index contributed by atoms with van der Waals surface area (Å²) < 4.78 is 1.56. The summed E-state index contributed by atoms with van der Waals surface area (Å²) in [7, 11) is 0. The minimum atomic E-state index is 0.00214. The molecule has 1 fully saturated rings. The van der Waals surface area contributed by atoms with Crippen LogP contribution in [0, 0.1) is 0 Å². The Bertz CT molecular complexity index is 454. The number of nitrogens with one attached hydrogen (secondary N) is 1. The summed E-state index contributed by atoms with van der Waals surface area (Å²) in [6.07, 6.45) is 5.23. The highest BCUT2D eigenvalue weighted by molar-refractivity contribution is 5.76. The first-order chi connectivity index (χ1) is 9.34. The van der Waals surface area contributed by atoms with Gasteiger partial charge in [-0.1, -0.05) is 0 Å². The van der Waals surface area contributed by atoms with Gasteiger partial charge in [0.1, 0.15) is 6.54 Å². The first-order valence-corrected chi connectivity index (χ1v) is 7.17. The Kier molecular flexibility index (Phi) is 4.32. The smallest absolute Gasteiger partial charge is 0.241 e. The molecule has 0 aliphatic carbocycles. The highest BCUT2D eigenvalue weighted by Gasteiger charge is 2.27. The summed E-state index contributed by atoms with van der Waals surface area (Å²) in [6, 6.07) is 0.272. The SMILES string of the molecule is CC(C)(C)N1CCC(NC(=O)Cn2cc(N)cn2)CC1. The molecule has 20 heavy (non-hydrogen) atoms. The number of nitrogen functional groups attached to an aromatic ring is 1. The van der Waals surface area contributed by atoms with E-state index in [1.54, 1.807) is 17.1 Å². The van der Waals surface area contributed by atoms with Gasteiger partial charge in [0.15, 0.2) is 0 Å². The number of rotatable bonds is 3. The van der Waals surface area contributed by atoms with Crippen molar-refractivity contribution < 1.29 is 4.79 Å². The molecule has 112 valence electrons. The van der Waals surface area contributed by atoms with E-state index in [4.69, 9.17) is 5.73 Å². The van der Waals surface area contributed by atoms with Gasteiger partial charge in [0, 0.05) is 30.9 Å². The number of nitrogens with zero attached hydrogens (tertiary/aromatic N) is 3. The van der Waals surface area contributed by atoms with Gasteiger partial charge in [-0.25, -0.2) is 0 Å². The van der Waals surface area contributed by atoms with E-state index in [1.165, 1.54) is 0 Å². The van der Waals surface area contributed by atoms with Gasteiger partial charge >= 0.3 is 0 Å². The van der Waals surface area contributed by atoms with Gasteiger partial charge in [0.2, 0.25) is 5.91 Å². The monoisotopic (exact) mass is 279 g/mol. The second-order valence-electron chi connectivity index (χ2n) is 6.47. The van der Waals surface area contributed by atoms with Crippen LogP contribution >= 0.6 is 0 Å². The number of hydrogen-bond donors (Lipinski definition) is 2. The highest BCUT2D eigenvalue weighted by Crippen LogP contribution is 2.19. The Hall–Kier alpha value is -1.56. The fraction of sp³-hybridized carbons (Fsp3) is 0.714. The predicted molar refractivity (Wildman–Crippen MR) is 79.1 cm³/mol. The topological polar surface area (TPSA) is 76.2 Å². The molecule has 1 aromatic rings. The molecule has 1 aliphatic rings. The molecule has 0 radical (unpaired) electrons. The van der Waals surface area contributed by atoms with Crippen LogP contribution in [0.4, 0.5) is 5.69 Å². The molecule has 0 saturated carbocycles. The zero-order valence-corrected chi connectivity index (χ0v) is 12.6. The number of amides is 1. The third-order valence-electron chi connectivity index (χ3n) is 3.77. The maximum Gasteiger partial charge on any atom is 0.241 e. The van der Waals surface area contributed by atoms with Gasteiger partial charge in [0.25, 0.3) is 0 Å². The summed E-state index contributed by atoms with van der Waals surface area (Å²) in [5, 5.41) is 7.10. The Balaban J connectivity index is 1.76. The number of nitrogens with two attached hydrogens (primary N) is 1. The Labute approximate surface area is 120 Å². The van der Waals surface area contributed by atoms with Gasteiger partial charge in [-0.2, -0.15) is 5.10 Å². The van der Waals surface area contributed by atoms with Crippen LogP contribution in [0.1, 0.15) is 33.6 Å². The average molecular weight is 279 g/mol. The molecule has 6 heteroatoms. The van der Waals surface area contributed by atoms with Crippen LogP contribution < -0.4 is 11.1 Å². The zero-order valence-electron chi connectivity index (χ0n) is 12.6. The summed E-state index contributed by atoms with van der Waals surface area (Å²) in [5.74, 6) is 0.00214. The third-order valence-corrected chi connectivity index (χ3v) is 3.77. The van der Waals surface area contributed by atoms with E-state index < -0.39 is 0 Å². The Morgan fingerprint density at radius 2 is 2.10 bits per heavy atom. The number of anilines is 1. The summed E-state index contributed by atoms with van der Waals surface area (Å²) >= 11 is 0. The van der Waals surface area contributed by atoms with Crippen LogP contribution in [0.15, 0.2) is 12.4 Å². The molecule has 2 rings (SSSR count). The quantitative estimate of drug-likeness (QED) is 0.860. The Morgan fingerprint density at radius 1 is 1.45 bits per heavy atom. The van der Waals surface area contributed by atoms with Crippen molar-refractivity contribution in [2.24, 2.45) is 0 Å².